The minimum Gasteiger partial charge on any atom is -0.462 e. The molecule has 0 radical (unpaired) electrons. The van der Waals surface area contributed by atoms with Crippen LogP contribution in [0.25, 0.3) is 0 Å². The number of hydrogen-bond acceptors (Lipinski definition) is 15. The standard InChI is InChI=1S/C63H122O17P2/c1-7-9-11-13-15-17-18-19-20-22-28-35-41-47-62(67)79-58(51-74-61(66)46-40-34-27-24-23-25-31-37-43-55(3)4)53-77-81(69,70)75-49-57(64)50-76-82(71,72)78-54-59(80-63(68)48-42-36-30-29-32-38-44-56(5)6)52-73-60(65)45-39-33-26-21-16-14-12-10-8-2/h55-59,64H,7-54H2,1-6H3,(H,69,70)(H,71,72)/t57-,58-,59-/m1/s1. The lowest BCUT2D eigenvalue weighted by atomic mass is 10.0. The summed E-state index contributed by atoms with van der Waals surface area (Å²) in [6, 6.07) is 0. The first kappa shape index (κ1) is 80.1. The lowest BCUT2D eigenvalue weighted by molar-refractivity contribution is -0.161. The number of ether oxygens (including phenoxy) is 4. The molecule has 82 heavy (non-hydrogen) atoms. The van der Waals surface area contributed by atoms with E-state index >= 15 is 0 Å². The molecular formula is C63H122O17P2. The van der Waals surface area contributed by atoms with E-state index in [0.717, 1.165) is 95.8 Å². The van der Waals surface area contributed by atoms with Crippen LogP contribution in [0.2, 0.25) is 0 Å². The van der Waals surface area contributed by atoms with Crippen molar-refractivity contribution in [2.24, 2.45) is 11.8 Å². The van der Waals surface area contributed by atoms with E-state index in [0.29, 0.717) is 31.6 Å². The molecule has 0 aromatic carbocycles. The third-order valence-electron chi connectivity index (χ3n) is 14.5. The molecule has 0 bridgehead atoms. The van der Waals surface area contributed by atoms with Crippen molar-refractivity contribution in [3.8, 4) is 0 Å². The second kappa shape index (κ2) is 55.6. The molecule has 0 aliphatic carbocycles. The number of aliphatic hydroxyl groups is 1. The van der Waals surface area contributed by atoms with Gasteiger partial charge < -0.3 is 33.8 Å². The molecule has 0 heterocycles. The Labute approximate surface area is 498 Å². The predicted octanol–water partition coefficient (Wildman–Crippen LogP) is 17.3. The van der Waals surface area contributed by atoms with Gasteiger partial charge in [0.2, 0.25) is 0 Å². The van der Waals surface area contributed by atoms with Crippen LogP contribution in [-0.4, -0.2) is 96.7 Å². The Kier molecular flexibility index (Phi) is 54.3. The molecule has 5 atom stereocenters. The minimum atomic E-state index is -4.94. The van der Waals surface area contributed by atoms with Crippen LogP contribution in [-0.2, 0) is 65.4 Å². The van der Waals surface area contributed by atoms with Crippen LogP contribution >= 0.6 is 15.6 Å². The molecule has 0 aromatic heterocycles. The highest BCUT2D eigenvalue weighted by Gasteiger charge is 2.30. The third kappa shape index (κ3) is 57.2. The zero-order valence-electron chi connectivity index (χ0n) is 52.8. The fourth-order valence-corrected chi connectivity index (χ4v) is 10.9. The normalized spacial score (nSPS) is 14.3. The van der Waals surface area contributed by atoms with Crippen LogP contribution in [0.3, 0.4) is 0 Å². The average Bonchev–Trinajstić information content (AvgIpc) is 3.44. The fraction of sp³-hybridized carbons (Fsp3) is 0.937. The smallest absolute Gasteiger partial charge is 0.462 e. The first-order valence-electron chi connectivity index (χ1n) is 33.0. The van der Waals surface area contributed by atoms with Gasteiger partial charge >= 0.3 is 39.5 Å². The van der Waals surface area contributed by atoms with Gasteiger partial charge in [-0.1, -0.05) is 260 Å². The van der Waals surface area contributed by atoms with Crippen LogP contribution in [0.15, 0.2) is 0 Å². The highest BCUT2D eigenvalue weighted by Crippen LogP contribution is 2.45. The van der Waals surface area contributed by atoms with Crippen LogP contribution in [0.1, 0.15) is 311 Å². The summed E-state index contributed by atoms with van der Waals surface area (Å²) < 4.78 is 67.9. The molecule has 0 saturated carbocycles. The summed E-state index contributed by atoms with van der Waals surface area (Å²) in [6.07, 6.45) is 37.7. The molecule has 0 amide bonds. The van der Waals surface area contributed by atoms with E-state index in [-0.39, 0.29) is 25.7 Å². The highest BCUT2D eigenvalue weighted by atomic mass is 31.2. The van der Waals surface area contributed by atoms with Crippen molar-refractivity contribution in [2.45, 2.75) is 330 Å². The van der Waals surface area contributed by atoms with Gasteiger partial charge in [0, 0.05) is 25.7 Å². The molecule has 0 aliphatic heterocycles. The lowest BCUT2D eigenvalue weighted by Gasteiger charge is -2.21. The Bertz CT molecular complexity index is 1620. The molecule has 0 fully saturated rings. The number of rotatable bonds is 62. The van der Waals surface area contributed by atoms with Crippen molar-refractivity contribution in [3.63, 3.8) is 0 Å². The summed E-state index contributed by atoms with van der Waals surface area (Å²) in [7, 11) is -9.88. The third-order valence-corrected chi connectivity index (χ3v) is 16.4. The minimum absolute atomic E-state index is 0.102. The Hall–Kier alpha value is -1.94. The van der Waals surface area contributed by atoms with E-state index in [1.54, 1.807) is 0 Å². The van der Waals surface area contributed by atoms with Gasteiger partial charge in [-0.3, -0.25) is 37.3 Å². The van der Waals surface area contributed by atoms with Crippen molar-refractivity contribution in [1.29, 1.82) is 0 Å². The van der Waals surface area contributed by atoms with Crippen LogP contribution in [0.4, 0.5) is 0 Å². The zero-order valence-corrected chi connectivity index (χ0v) is 54.6. The Morgan fingerprint density at radius 2 is 0.561 bits per heavy atom. The van der Waals surface area contributed by atoms with Crippen molar-refractivity contribution < 1.29 is 80.2 Å². The number of phosphoric acid groups is 2. The van der Waals surface area contributed by atoms with E-state index in [9.17, 15) is 43.2 Å². The average molecular weight is 1210 g/mol. The molecule has 0 rings (SSSR count). The molecule has 0 aromatic rings. The molecule has 0 aliphatic rings. The lowest BCUT2D eigenvalue weighted by Crippen LogP contribution is -2.30. The first-order valence-corrected chi connectivity index (χ1v) is 36.0. The molecule has 0 spiro atoms. The summed E-state index contributed by atoms with van der Waals surface area (Å²) in [4.78, 5) is 72.1. The summed E-state index contributed by atoms with van der Waals surface area (Å²) in [5.41, 5.74) is 0. The van der Waals surface area contributed by atoms with Crippen LogP contribution in [0, 0.1) is 11.8 Å². The topological polar surface area (TPSA) is 237 Å². The molecule has 19 heteroatoms. The van der Waals surface area contributed by atoms with Crippen LogP contribution in [0.5, 0.6) is 0 Å². The maximum Gasteiger partial charge on any atom is 0.472 e. The largest absolute Gasteiger partial charge is 0.472 e. The molecule has 0 saturated heterocycles. The van der Waals surface area contributed by atoms with Gasteiger partial charge in [-0.25, -0.2) is 9.13 Å². The Morgan fingerprint density at radius 1 is 0.329 bits per heavy atom. The fourth-order valence-electron chi connectivity index (χ4n) is 9.35. The Balaban J connectivity index is 5.23. The van der Waals surface area contributed by atoms with Gasteiger partial charge in [0.1, 0.15) is 19.3 Å². The van der Waals surface area contributed by atoms with Gasteiger partial charge in [-0.05, 0) is 37.5 Å². The number of unbranched alkanes of at least 4 members (excludes halogenated alkanes) is 32. The molecule has 3 N–H and O–H groups in total. The van der Waals surface area contributed by atoms with Crippen molar-refractivity contribution >= 4 is 39.5 Å². The van der Waals surface area contributed by atoms with E-state index < -0.39 is 97.5 Å². The second-order valence-electron chi connectivity index (χ2n) is 23.7. The van der Waals surface area contributed by atoms with Gasteiger partial charge in [0.25, 0.3) is 0 Å². The summed E-state index contributed by atoms with van der Waals surface area (Å²) >= 11 is 0. The molecule has 486 valence electrons. The van der Waals surface area contributed by atoms with Crippen molar-refractivity contribution in [2.75, 3.05) is 39.6 Å². The monoisotopic (exact) mass is 1210 g/mol. The van der Waals surface area contributed by atoms with Crippen LogP contribution < -0.4 is 0 Å². The van der Waals surface area contributed by atoms with E-state index in [4.69, 9.17) is 37.0 Å². The van der Waals surface area contributed by atoms with Gasteiger partial charge in [0.15, 0.2) is 12.2 Å². The van der Waals surface area contributed by atoms with E-state index in [2.05, 4.69) is 41.5 Å². The summed E-state index contributed by atoms with van der Waals surface area (Å²) in [5.74, 6) is -0.743. The number of esters is 4. The second-order valence-corrected chi connectivity index (χ2v) is 26.7. The van der Waals surface area contributed by atoms with Crippen molar-refractivity contribution in [1.82, 2.24) is 0 Å². The maximum atomic E-state index is 13.0. The summed E-state index contributed by atoms with van der Waals surface area (Å²) in [5, 5.41) is 10.5. The predicted molar refractivity (Wildman–Crippen MR) is 326 cm³/mol. The number of carbonyl (C=O) groups excluding carboxylic acids is 4. The van der Waals surface area contributed by atoms with Crippen molar-refractivity contribution in [3.05, 3.63) is 0 Å². The van der Waals surface area contributed by atoms with Gasteiger partial charge in [0.05, 0.1) is 26.4 Å². The number of phosphoric ester groups is 2. The Morgan fingerprint density at radius 3 is 0.829 bits per heavy atom. The number of carbonyl (C=O) groups is 4. The number of aliphatic hydroxyl groups excluding tert-OH is 1. The molecule has 2 unspecified atom stereocenters. The van der Waals surface area contributed by atoms with Gasteiger partial charge in [-0.15, -0.1) is 0 Å². The maximum absolute atomic E-state index is 13.0. The first-order chi connectivity index (χ1) is 39.4. The quantitative estimate of drug-likeness (QED) is 0.0222. The zero-order chi connectivity index (χ0) is 60.8. The summed E-state index contributed by atoms with van der Waals surface area (Å²) in [6.45, 7) is 9.35. The molecule has 17 nitrogen and oxygen atoms in total. The highest BCUT2D eigenvalue weighted by molar-refractivity contribution is 7.47. The van der Waals surface area contributed by atoms with E-state index in [1.165, 1.54) is 128 Å². The van der Waals surface area contributed by atoms with Gasteiger partial charge in [-0.2, -0.15) is 0 Å². The molecular weight excluding hydrogens is 1090 g/mol. The number of hydrogen-bond donors (Lipinski definition) is 3. The van der Waals surface area contributed by atoms with E-state index in [1.807, 2.05) is 0 Å². The SMILES string of the molecule is CCCCCCCCCCCCCCCC(=O)O[C@H](COC(=O)CCCCCCCCCCC(C)C)COP(=O)(O)OC[C@@H](O)COP(=O)(O)OC[C@@H](COC(=O)CCCCCCCCCCC)OC(=O)CCCCCCCCC(C)C.